The van der Waals surface area contributed by atoms with E-state index in [1.54, 1.807) is 12.1 Å². The number of hydrogen-bond acceptors (Lipinski definition) is 3. The van der Waals surface area contributed by atoms with Crippen LogP contribution in [0.4, 0.5) is 10.5 Å². The van der Waals surface area contributed by atoms with Crippen molar-refractivity contribution in [3.8, 4) is 0 Å². The maximum absolute atomic E-state index is 12.4. The molecule has 2 amide bonds. The number of unbranched alkanes of at least 4 members (excludes halogenated alkanes) is 2. The molecule has 0 spiro atoms. The molecular weight excluding hydrogens is 314 g/mol. The van der Waals surface area contributed by atoms with Crippen LogP contribution in [0.25, 0.3) is 0 Å². The third-order valence-electron chi connectivity index (χ3n) is 4.08. The molecule has 1 aliphatic rings. The first-order valence-corrected chi connectivity index (χ1v) is 8.71. The van der Waals surface area contributed by atoms with Gasteiger partial charge in [0, 0.05) is 37.0 Å². The monoisotopic (exact) mass is 339 g/mol. The van der Waals surface area contributed by atoms with Crippen molar-refractivity contribution in [2.45, 2.75) is 25.7 Å². The first kappa shape index (κ1) is 18.0. The standard InChI is InChI=1S/C17H26ClN3O2/c18-15-6-4-7-16(14-15)19-17(23)21-10-5-9-20(11-12-21)8-2-1-3-13-22/h4,6-7,14,22H,1-3,5,8-13H2,(H,19,23). The zero-order valence-electron chi connectivity index (χ0n) is 13.5. The highest BCUT2D eigenvalue weighted by molar-refractivity contribution is 6.30. The van der Waals surface area contributed by atoms with E-state index in [-0.39, 0.29) is 12.6 Å². The minimum atomic E-state index is -0.0607. The minimum Gasteiger partial charge on any atom is -0.396 e. The van der Waals surface area contributed by atoms with E-state index in [0.717, 1.165) is 64.1 Å². The van der Waals surface area contributed by atoms with Crippen molar-refractivity contribution in [3.63, 3.8) is 0 Å². The van der Waals surface area contributed by atoms with Gasteiger partial charge in [-0.25, -0.2) is 4.79 Å². The van der Waals surface area contributed by atoms with Crippen LogP contribution in [-0.4, -0.2) is 60.3 Å². The zero-order chi connectivity index (χ0) is 16.5. The second-order valence-corrected chi connectivity index (χ2v) is 6.34. The number of aliphatic hydroxyl groups is 1. The largest absolute Gasteiger partial charge is 0.396 e. The van der Waals surface area contributed by atoms with Crippen LogP contribution < -0.4 is 5.32 Å². The van der Waals surface area contributed by atoms with E-state index in [1.165, 1.54) is 0 Å². The lowest BCUT2D eigenvalue weighted by Gasteiger charge is -2.22. The van der Waals surface area contributed by atoms with E-state index < -0.39 is 0 Å². The average molecular weight is 340 g/mol. The quantitative estimate of drug-likeness (QED) is 0.783. The van der Waals surface area contributed by atoms with Crippen LogP contribution in [-0.2, 0) is 0 Å². The maximum Gasteiger partial charge on any atom is 0.321 e. The van der Waals surface area contributed by atoms with Crippen molar-refractivity contribution >= 4 is 23.3 Å². The Morgan fingerprint density at radius 2 is 2.04 bits per heavy atom. The number of hydrogen-bond donors (Lipinski definition) is 2. The second-order valence-electron chi connectivity index (χ2n) is 5.91. The maximum atomic E-state index is 12.4. The fourth-order valence-electron chi connectivity index (χ4n) is 2.79. The smallest absolute Gasteiger partial charge is 0.321 e. The second kappa shape index (κ2) is 9.75. The summed E-state index contributed by atoms with van der Waals surface area (Å²) in [5.41, 5.74) is 0.729. The van der Waals surface area contributed by atoms with Gasteiger partial charge >= 0.3 is 6.03 Å². The summed E-state index contributed by atoms with van der Waals surface area (Å²) in [7, 11) is 0. The minimum absolute atomic E-state index is 0.0607. The first-order valence-electron chi connectivity index (χ1n) is 8.34. The molecule has 1 aromatic rings. The molecule has 0 aliphatic carbocycles. The molecule has 1 heterocycles. The highest BCUT2D eigenvalue weighted by Gasteiger charge is 2.18. The number of urea groups is 1. The fraction of sp³-hybridized carbons (Fsp3) is 0.588. The molecule has 6 heteroatoms. The first-order chi connectivity index (χ1) is 11.2. The molecule has 5 nitrogen and oxygen atoms in total. The van der Waals surface area contributed by atoms with Gasteiger partial charge in [0.15, 0.2) is 0 Å². The van der Waals surface area contributed by atoms with E-state index in [0.29, 0.717) is 5.02 Å². The van der Waals surface area contributed by atoms with Gasteiger partial charge in [-0.1, -0.05) is 17.7 Å². The highest BCUT2D eigenvalue weighted by atomic mass is 35.5. The molecule has 1 saturated heterocycles. The number of rotatable bonds is 6. The number of aliphatic hydroxyl groups excluding tert-OH is 1. The molecule has 2 N–H and O–H groups in total. The van der Waals surface area contributed by atoms with Crippen molar-refractivity contribution < 1.29 is 9.90 Å². The molecule has 2 rings (SSSR count). The summed E-state index contributed by atoms with van der Waals surface area (Å²) in [6.45, 7) is 4.77. The molecular formula is C17H26ClN3O2. The van der Waals surface area contributed by atoms with Crippen molar-refractivity contribution in [2.75, 3.05) is 44.6 Å². The van der Waals surface area contributed by atoms with Crippen LogP contribution in [0.5, 0.6) is 0 Å². The van der Waals surface area contributed by atoms with Gasteiger partial charge in [0.05, 0.1) is 0 Å². The number of amides is 2. The van der Waals surface area contributed by atoms with E-state index >= 15 is 0 Å². The Bertz CT molecular complexity index is 498. The van der Waals surface area contributed by atoms with Gasteiger partial charge < -0.3 is 20.2 Å². The SMILES string of the molecule is O=C(Nc1cccc(Cl)c1)N1CCCN(CCCCCO)CC1. The highest BCUT2D eigenvalue weighted by Crippen LogP contribution is 2.16. The normalized spacial score (nSPS) is 16.2. The molecule has 1 aromatic carbocycles. The molecule has 0 aromatic heterocycles. The summed E-state index contributed by atoms with van der Waals surface area (Å²) in [6.07, 6.45) is 4.03. The number of carbonyl (C=O) groups is 1. The van der Waals surface area contributed by atoms with Gasteiger partial charge in [0.2, 0.25) is 0 Å². The molecule has 1 fully saturated rings. The van der Waals surface area contributed by atoms with Crippen LogP contribution in [0, 0.1) is 0 Å². The number of anilines is 1. The molecule has 0 unspecified atom stereocenters. The summed E-state index contributed by atoms with van der Waals surface area (Å²) in [5.74, 6) is 0. The predicted octanol–water partition coefficient (Wildman–Crippen LogP) is 3.04. The summed E-state index contributed by atoms with van der Waals surface area (Å²) in [5, 5.41) is 12.3. The molecule has 0 bridgehead atoms. The van der Waals surface area contributed by atoms with Gasteiger partial charge in [-0.3, -0.25) is 0 Å². The molecule has 23 heavy (non-hydrogen) atoms. The van der Waals surface area contributed by atoms with Crippen LogP contribution in [0.2, 0.25) is 5.02 Å². The van der Waals surface area contributed by atoms with Gasteiger partial charge in [-0.05, 0) is 57.0 Å². The summed E-state index contributed by atoms with van der Waals surface area (Å²) in [6, 6.07) is 7.15. The van der Waals surface area contributed by atoms with Crippen molar-refractivity contribution in [2.24, 2.45) is 0 Å². The van der Waals surface area contributed by atoms with Gasteiger partial charge in [-0.2, -0.15) is 0 Å². The van der Waals surface area contributed by atoms with Gasteiger partial charge in [0.1, 0.15) is 0 Å². The lowest BCUT2D eigenvalue weighted by molar-refractivity contribution is 0.211. The Kier molecular flexibility index (Phi) is 7.65. The lowest BCUT2D eigenvalue weighted by Crippen LogP contribution is -2.38. The molecule has 1 aliphatic heterocycles. The van der Waals surface area contributed by atoms with Crippen molar-refractivity contribution in [3.05, 3.63) is 29.3 Å². The summed E-state index contributed by atoms with van der Waals surface area (Å²) < 4.78 is 0. The Balaban J connectivity index is 1.77. The molecule has 0 atom stereocenters. The van der Waals surface area contributed by atoms with Crippen molar-refractivity contribution in [1.82, 2.24) is 9.80 Å². The van der Waals surface area contributed by atoms with E-state index in [1.807, 2.05) is 17.0 Å². The van der Waals surface area contributed by atoms with Crippen LogP contribution in [0.15, 0.2) is 24.3 Å². The molecule has 128 valence electrons. The van der Waals surface area contributed by atoms with Crippen LogP contribution in [0.3, 0.4) is 0 Å². The Morgan fingerprint density at radius 1 is 1.17 bits per heavy atom. The number of nitrogens with zero attached hydrogens (tertiary/aromatic N) is 2. The fourth-order valence-corrected chi connectivity index (χ4v) is 2.98. The predicted molar refractivity (Wildman–Crippen MR) is 94.0 cm³/mol. The Hall–Kier alpha value is -1.30. The van der Waals surface area contributed by atoms with Crippen molar-refractivity contribution in [1.29, 1.82) is 0 Å². The molecule has 0 saturated carbocycles. The zero-order valence-corrected chi connectivity index (χ0v) is 14.3. The van der Waals surface area contributed by atoms with E-state index in [9.17, 15) is 4.79 Å². The summed E-state index contributed by atoms with van der Waals surface area (Å²) in [4.78, 5) is 16.6. The third kappa shape index (κ3) is 6.37. The number of carbonyl (C=O) groups excluding carboxylic acids is 1. The third-order valence-corrected chi connectivity index (χ3v) is 4.32. The summed E-state index contributed by atoms with van der Waals surface area (Å²) >= 11 is 5.94. The van der Waals surface area contributed by atoms with Crippen LogP contribution >= 0.6 is 11.6 Å². The van der Waals surface area contributed by atoms with Crippen LogP contribution in [0.1, 0.15) is 25.7 Å². The number of benzene rings is 1. The Morgan fingerprint density at radius 3 is 2.83 bits per heavy atom. The van der Waals surface area contributed by atoms with Gasteiger partial charge in [-0.15, -0.1) is 0 Å². The van der Waals surface area contributed by atoms with E-state index in [2.05, 4.69) is 10.2 Å². The average Bonchev–Trinajstić information content (AvgIpc) is 2.77. The van der Waals surface area contributed by atoms with E-state index in [4.69, 9.17) is 16.7 Å². The number of halogens is 1. The number of nitrogens with one attached hydrogen (secondary N) is 1. The van der Waals surface area contributed by atoms with Gasteiger partial charge in [0.25, 0.3) is 0 Å². The molecule has 0 radical (unpaired) electrons. The topological polar surface area (TPSA) is 55.8 Å². The Labute approximate surface area is 143 Å². The lowest BCUT2D eigenvalue weighted by atomic mass is 10.2.